The lowest BCUT2D eigenvalue weighted by atomic mass is 10.1. The van der Waals surface area contributed by atoms with Crippen LogP contribution in [0.25, 0.3) is 0 Å². The number of hydrogen-bond donors (Lipinski definition) is 5. The normalized spacial score (nSPS) is 10.4. The summed E-state index contributed by atoms with van der Waals surface area (Å²) in [7, 11) is 0. The summed E-state index contributed by atoms with van der Waals surface area (Å²) in [4.78, 5) is 48.9. The molecule has 0 bridgehead atoms. The molecule has 0 unspecified atom stereocenters. The van der Waals surface area contributed by atoms with Crippen molar-refractivity contribution >= 4 is 47.1 Å². The Hall–Kier alpha value is -4.90. The van der Waals surface area contributed by atoms with Crippen molar-refractivity contribution in [1.82, 2.24) is 4.90 Å². The molecule has 3 rings (SSSR count). The number of benzene rings is 3. The molecule has 0 aliphatic heterocycles. The van der Waals surface area contributed by atoms with Crippen LogP contribution in [0.4, 0.5) is 5.69 Å². The Morgan fingerprint density at radius 1 is 0.950 bits per heavy atom. The van der Waals surface area contributed by atoms with Gasteiger partial charge < -0.3 is 30.9 Å². The number of ether oxygens (including phenoxy) is 1. The maximum Gasteiger partial charge on any atom is 0.343 e. The summed E-state index contributed by atoms with van der Waals surface area (Å²) < 4.78 is 5.38. The Morgan fingerprint density at radius 2 is 1.65 bits per heavy atom. The molecule has 0 spiro atoms. The number of hydrogen-bond acceptors (Lipinski definition) is 6. The second-order valence-corrected chi connectivity index (χ2v) is 9.20. The van der Waals surface area contributed by atoms with Gasteiger partial charge in [-0.25, -0.2) is 4.79 Å². The van der Waals surface area contributed by atoms with E-state index in [2.05, 4.69) is 5.32 Å². The quantitative estimate of drug-likeness (QED) is 0.0946. The molecule has 0 saturated heterocycles. The third-order valence-electron chi connectivity index (χ3n) is 5.64. The number of esters is 1. The molecule has 3 aromatic rings. The van der Waals surface area contributed by atoms with Crippen molar-refractivity contribution in [2.45, 2.75) is 25.8 Å². The maximum atomic E-state index is 12.9. The molecule has 3 aromatic carbocycles. The minimum Gasteiger partial charge on any atom is -0.481 e. The zero-order valence-electron chi connectivity index (χ0n) is 21.2. The smallest absolute Gasteiger partial charge is 0.343 e. The molecule has 208 valence electrons. The number of aryl methyl sites for hydroxylation is 1. The number of halogens is 1. The molecule has 0 atom stereocenters. The van der Waals surface area contributed by atoms with Crippen molar-refractivity contribution in [1.29, 1.82) is 5.41 Å². The highest BCUT2D eigenvalue weighted by atomic mass is 35.5. The van der Waals surface area contributed by atoms with E-state index in [-0.39, 0.29) is 48.1 Å². The maximum absolute atomic E-state index is 12.9. The van der Waals surface area contributed by atoms with Crippen molar-refractivity contribution in [3.05, 3.63) is 94.0 Å². The summed E-state index contributed by atoms with van der Waals surface area (Å²) in [6.07, 6.45) is 0.00266. The molecule has 0 saturated carbocycles. The van der Waals surface area contributed by atoms with Gasteiger partial charge in [0.25, 0.3) is 0 Å². The van der Waals surface area contributed by atoms with E-state index in [0.29, 0.717) is 22.4 Å². The summed E-state index contributed by atoms with van der Waals surface area (Å²) in [6.45, 7) is -0.511. The summed E-state index contributed by atoms with van der Waals surface area (Å²) in [6, 6.07) is 17.4. The molecule has 40 heavy (non-hydrogen) atoms. The van der Waals surface area contributed by atoms with Crippen LogP contribution in [0.2, 0.25) is 5.02 Å². The van der Waals surface area contributed by atoms with E-state index in [1.165, 1.54) is 29.2 Å². The third-order valence-corrected chi connectivity index (χ3v) is 5.99. The molecule has 0 radical (unpaired) electrons. The standard InChI is InChI=1S/C28H27ClN4O7/c29-23-14-22(40-27(39)20-4-8-21(9-5-20)32-28(30)31)10-6-19(23)7-11-24(34)33(16-26(37)38)15-18-3-1-2-17(12-18)13-25(35)36/h1-6,8-10,12,14H,7,11,13,15-16H2,(H,35,36)(H,37,38)(H4,30,31,32). The first-order valence-electron chi connectivity index (χ1n) is 12.0. The van der Waals surface area contributed by atoms with Gasteiger partial charge in [0.1, 0.15) is 12.3 Å². The molecule has 0 fully saturated rings. The molecule has 11 nitrogen and oxygen atoms in total. The fraction of sp³-hybridized carbons (Fsp3) is 0.179. The zero-order chi connectivity index (χ0) is 29.2. The number of anilines is 1. The molecule has 1 amide bonds. The lowest BCUT2D eigenvalue weighted by molar-refractivity contribution is -0.144. The second kappa shape index (κ2) is 13.8. The zero-order valence-corrected chi connectivity index (χ0v) is 22.0. The van der Waals surface area contributed by atoms with Crippen molar-refractivity contribution in [3.63, 3.8) is 0 Å². The molecule has 12 heteroatoms. The topological polar surface area (TPSA) is 183 Å². The number of carbonyl (C=O) groups is 4. The monoisotopic (exact) mass is 566 g/mol. The fourth-order valence-electron chi connectivity index (χ4n) is 3.83. The van der Waals surface area contributed by atoms with Crippen LogP contribution < -0.4 is 15.8 Å². The lowest BCUT2D eigenvalue weighted by Gasteiger charge is -2.21. The van der Waals surface area contributed by atoms with Crippen LogP contribution in [0, 0.1) is 5.41 Å². The van der Waals surface area contributed by atoms with Gasteiger partial charge >= 0.3 is 17.9 Å². The number of nitrogens with one attached hydrogen (secondary N) is 2. The largest absolute Gasteiger partial charge is 0.481 e. The van der Waals surface area contributed by atoms with E-state index in [1.54, 1.807) is 42.5 Å². The predicted molar refractivity (Wildman–Crippen MR) is 148 cm³/mol. The fourth-order valence-corrected chi connectivity index (χ4v) is 4.10. The van der Waals surface area contributed by atoms with E-state index in [1.807, 2.05) is 0 Å². The summed E-state index contributed by atoms with van der Waals surface area (Å²) in [5.74, 6) is -3.24. The van der Waals surface area contributed by atoms with Gasteiger partial charge in [0, 0.05) is 23.7 Å². The highest BCUT2D eigenvalue weighted by molar-refractivity contribution is 6.31. The number of carboxylic acids is 2. The van der Waals surface area contributed by atoms with E-state index in [0.717, 1.165) is 0 Å². The van der Waals surface area contributed by atoms with E-state index >= 15 is 0 Å². The van der Waals surface area contributed by atoms with Crippen LogP contribution in [0.5, 0.6) is 5.75 Å². The Balaban J connectivity index is 1.61. The van der Waals surface area contributed by atoms with Crippen molar-refractivity contribution in [2.75, 3.05) is 11.9 Å². The Labute approximate surface area is 234 Å². The molecule has 0 aromatic heterocycles. The van der Waals surface area contributed by atoms with Crippen LogP contribution in [0.3, 0.4) is 0 Å². The second-order valence-electron chi connectivity index (χ2n) is 8.79. The molecule has 0 heterocycles. The first-order valence-corrected chi connectivity index (χ1v) is 12.4. The van der Waals surface area contributed by atoms with Crippen LogP contribution in [0.1, 0.15) is 33.5 Å². The van der Waals surface area contributed by atoms with Crippen LogP contribution in [-0.2, 0) is 33.8 Å². The molecule has 0 aliphatic rings. The van der Waals surface area contributed by atoms with Gasteiger partial charge in [0.15, 0.2) is 5.96 Å². The molecular formula is C28H27ClN4O7. The number of nitrogens with zero attached hydrogens (tertiary/aromatic N) is 1. The van der Waals surface area contributed by atoms with Crippen molar-refractivity contribution in [3.8, 4) is 5.75 Å². The van der Waals surface area contributed by atoms with Gasteiger partial charge in [0.2, 0.25) is 5.91 Å². The Kier molecular flexibility index (Phi) is 10.2. The molecule has 0 aliphatic carbocycles. The number of nitrogens with two attached hydrogens (primary N) is 1. The summed E-state index contributed by atoms with van der Waals surface area (Å²) in [5.41, 5.74) is 7.85. The summed E-state index contributed by atoms with van der Waals surface area (Å²) >= 11 is 6.37. The van der Waals surface area contributed by atoms with Crippen LogP contribution >= 0.6 is 11.6 Å². The highest BCUT2D eigenvalue weighted by Gasteiger charge is 2.19. The minimum atomic E-state index is -1.18. The number of rotatable bonds is 12. The van der Waals surface area contributed by atoms with Crippen molar-refractivity contribution < 1.29 is 34.1 Å². The van der Waals surface area contributed by atoms with Gasteiger partial charge in [-0.3, -0.25) is 19.8 Å². The Morgan fingerprint density at radius 3 is 2.27 bits per heavy atom. The molecule has 6 N–H and O–H groups in total. The number of carbonyl (C=O) groups excluding carboxylic acids is 2. The van der Waals surface area contributed by atoms with E-state index in [9.17, 15) is 24.3 Å². The lowest BCUT2D eigenvalue weighted by Crippen LogP contribution is -2.35. The van der Waals surface area contributed by atoms with E-state index in [4.69, 9.17) is 32.6 Å². The first-order chi connectivity index (χ1) is 19.0. The van der Waals surface area contributed by atoms with Crippen molar-refractivity contribution in [2.24, 2.45) is 5.73 Å². The SMILES string of the molecule is N=C(N)Nc1ccc(C(=O)Oc2ccc(CCC(=O)N(CC(=O)O)Cc3cccc(CC(=O)O)c3)c(Cl)c2)cc1. The van der Waals surface area contributed by atoms with Gasteiger partial charge in [0.05, 0.1) is 12.0 Å². The van der Waals surface area contributed by atoms with E-state index < -0.39 is 30.4 Å². The summed E-state index contributed by atoms with van der Waals surface area (Å²) in [5, 5.41) is 28.4. The highest BCUT2D eigenvalue weighted by Crippen LogP contribution is 2.25. The average Bonchev–Trinajstić information content (AvgIpc) is 2.87. The minimum absolute atomic E-state index is 0.00695. The van der Waals surface area contributed by atoms with Crippen LogP contribution in [-0.4, -0.2) is 51.4 Å². The number of amides is 1. The van der Waals surface area contributed by atoms with Gasteiger partial charge in [-0.15, -0.1) is 0 Å². The number of aliphatic carboxylic acids is 2. The van der Waals surface area contributed by atoms with Gasteiger partial charge in [-0.05, 0) is 59.5 Å². The van der Waals surface area contributed by atoms with Gasteiger partial charge in [-0.2, -0.15) is 0 Å². The molecular weight excluding hydrogens is 540 g/mol. The average molecular weight is 567 g/mol. The van der Waals surface area contributed by atoms with Crippen LogP contribution in [0.15, 0.2) is 66.7 Å². The first kappa shape index (κ1) is 29.7. The predicted octanol–water partition coefficient (Wildman–Crippen LogP) is 3.54. The number of guanidine groups is 1. The number of carboxylic acid groups (broad SMARTS) is 2. The third kappa shape index (κ3) is 9.14. The van der Waals surface area contributed by atoms with Gasteiger partial charge in [-0.1, -0.05) is 41.9 Å². The Bertz CT molecular complexity index is 1430.